The summed E-state index contributed by atoms with van der Waals surface area (Å²) < 4.78 is 23.6. The molecule has 9 nitrogen and oxygen atoms in total. The number of nitrogens with one attached hydrogen (secondary N) is 2. The Labute approximate surface area is 197 Å². The first-order chi connectivity index (χ1) is 16.3. The highest BCUT2D eigenvalue weighted by Gasteiger charge is 2.16. The topological polar surface area (TPSA) is 127 Å². The smallest absolute Gasteiger partial charge is 0.258 e. The Balaban J connectivity index is 1.63. The van der Waals surface area contributed by atoms with Crippen LogP contribution in [0.5, 0.6) is 0 Å². The largest absolute Gasteiger partial charge is 0.350 e. The maximum atomic E-state index is 12.9. The molecule has 0 aliphatic heterocycles. The van der Waals surface area contributed by atoms with Crippen molar-refractivity contribution in [2.45, 2.75) is 18.4 Å². The van der Waals surface area contributed by atoms with Gasteiger partial charge in [-0.1, -0.05) is 36.4 Å². The summed E-state index contributed by atoms with van der Waals surface area (Å²) in [6.07, 6.45) is 2.75. The van der Waals surface area contributed by atoms with Gasteiger partial charge in [0.2, 0.25) is 11.9 Å². The van der Waals surface area contributed by atoms with Crippen LogP contribution >= 0.6 is 0 Å². The molecule has 4 aromatic rings. The Morgan fingerprint density at radius 1 is 0.912 bits per heavy atom. The third-order valence-corrected chi connectivity index (χ3v) is 6.03. The zero-order valence-electron chi connectivity index (χ0n) is 18.6. The molecule has 172 valence electrons. The van der Waals surface area contributed by atoms with Crippen molar-refractivity contribution >= 4 is 27.6 Å². The molecule has 0 atom stereocenters. The summed E-state index contributed by atoms with van der Waals surface area (Å²) >= 11 is 0. The summed E-state index contributed by atoms with van der Waals surface area (Å²) in [5, 5.41) is 5.84. The van der Waals surface area contributed by atoms with Gasteiger partial charge in [-0.05, 0) is 48.4 Å². The van der Waals surface area contributed by atoms with Crippen LogP contribution < -0.4 is 10.6 Å². The average molecular weight is 475 g/mol. The van der Waals surface area contributed by atoms with Gasteiger partial charge >= 0.3 is 0 Å². The van der Waals surface area contributed by atoms with Gasteiger partial charge in [-0.3, -0.25) is 15.1 Å². The number of rotatable bonds is 7. The maximum Gasteiger partial charge on any atom is 0.258 e. The molecule has 0 aliphatic rings. The van der Waals surface area contributed by atoms with E-state index in [2.05, 4.69) is 30.6 Å². The lowest BCUT2D eigenvalue weighted by Crippen LogP contribution is -2.17. The van der Waals surface area contributed by atoms with Gasteiger partial charge in [-0.25, -0.2) is 8.42 Å². The van der Waals surface area contributed by atoms with Crippen LogP contribution in [-0.4, -0.2) is 40.5 Å². The minimum absolute atomic E-state index is 0.0443. The van der Waals surface area contributed by atoms with Crippen molar-refractivity contribution in [2.24, 2.45) is 0 Å². The number of aromatic nitrogens is 4. The Bertz CT molecular complexity index is 1430. The van der Waals surface area contributed by atoms with Crippen molar-refractivity contribution in [1.82, 2.24) is 19.9 Å². The third kappa shape index (κ3) is 5.59. The molecule has 0 aliphatic carbocycles. The number of pyridine rings is 1. The predicted molar refractivity (Wildman–Crippen MR) is 129 cm³/mol. The van der Waals surface area contributed by atoms with Crippen molar-refractivity contribution in [3.63, 3.8) is 0 Å². The van der Waals surface area contributed by atoms with Gasteiger partial charge in [-0.2, -0.15) is 15.0 Å². The molecule has 0 spiro atoms. The summed E-state index contributed by atoms with van der Waals surface area (Å²) in [6, 6.07) is 19.4. The fourth-order valence-electron chi connectivity index (χ4n) is 3.19. The summed E-state index contributed by atoms with van der Waals surface area (Å²) in [5.74, 6) is 0.150. The molecule has 0 radical (unpaired) electrons. The molecule has 0 saturated heterocycles. The monoisotopic (exact) mass is 474 g/mol. The summed E-state index contributed by atoms with van der Waals surface area (Å²) in [7, 11) is -3.38. The van der Waals surface area contributed by atoms with Crippen molar-refractivity contribution in [3.8, 4) is 11.5 Å². The second-order valence-electron chi connectivity index (χ2n) is 7.56. The second kappa shape index (κ2) is 9.75. The molecule has 0 saturated carbocycles. The molecule has 2 aromatic heterocycles. The fraction of sp³-hybridized carbons (Fsp3) is 0.125. The molecule has 0 unspecified atom stereocenters. The average Bonchev–Trinajstić information content (AvgIpc) is 2.83. The van der Waals surface area contributed by atoms with E-state index in [0.717, 1.165) is 11.8 Å². The first-order valence-corrected chi connectivity index (χ1v) is 12.3. The van der Waals surface area contributed by atoms with E-state index in [1.807, 2.05) is 36.4 Å². The lowest BCUT2D eigenvalue weighted by Gasteiger charge is -2.11. The molecule has 2 aromatic carbocycles. The summed E-state index contributed by atoms with van der Waals surface area (Å²) in [5.41, 5.74) is 2.39. The molecular weight excluding hydrogens is 452 g/mol. The van der Waals surface area contributed by atoms with E-state index in [4.69, 9.17) is 0 Å². The fourth-order valence-corrected chi connectivity index (χ4v) is 3.89. The predicted octanol–water partition coefficient (Wildman–Crippen LogP) is 3.51. The molecule has 4 rings (SSSR count). The van der Waals surface area contributed by atoms with Crippen LogP contribution in [0.1, 0.15) is 21.5 Å². The number of hydrogen-bond donors (Lipinski definition) is 2. The number of carbonyl (C=O) groups excluding carboxylic acids is 1. The van der Waals surface area contributed by atoms with Gasteiger partial charge in [0, 0.05) is 24.6 Å². The van der Waals surface area contributed by atoms with Gasteiger partial charge < -0.3 is 5.32 Å². The molecule has 0 fully saturated rings. The number of amides is 1. The van der Waals surface area contributed by atoms with E-state index in [-0.39, 0.29) is 16.8 Å². The first kappa shape index (κ1) is 23.0. The number of sulfone groups is 1. The Hall–Kier alpha value is -4.18. The molecule has 2 N–H and O–H groups in total. The van der Waals surface area contributed by atoms with E-state index in [0.29, 0.717) is 29.2 Å². The van der Waals surface area contributed by atoms with E-state index in [9.17, 15) is 13.2 Å². The highest BCUT2D eigenvalue weighted by molar-refractivity contribution is 7.90. The molecule has 0 bridgehead atoms. The van der Waals surface area contributed by atoms with E-state index in [1.54, 1.807) is 25.3 Å². The van der Waals surface area contributed by atoms with Crippen LogP contribution in [0, 0.1) is 6.92 Å². The van der Waals surface area contributed by atoms with Gasteiger partial charge in [0.25, 0.3) is 5.91 Å². The van der Waals surface area contributed by atoms with Gasteiger partial charge in [0.1, 0.15) is 5.69 Å². The SMILES string of the molecule is Cc1cc(S(C)(=O)=O)ccc1C(=O)Nc1nc(NCc2ccccc2)nc(-c2ccccn2)n1. The van der Waals surface area contributed by atoms with E-state index >= 15 is 0 Å². The van der Waals surface area contributed by atoms with Crippen LogP contribution in [0.15, 0.2) is 77.8 Å². The summed E-state index contributed by atoms with van der Waals surface area (Å²) in [6.45, 7) is 2.15. The first-order valence-electron chi connectivity index (χ1n) is 10.4. The van der Waals surface area contributed by atoms with Gasteiger partial charge in [0.15, 0.2) is 15.7 Å². The number of anilines is 2. The van der Waals surface area contributed by atoms with Crippen LogP contribution in [0.4, 0.5) is 11.9 Å². The molecule has 2 heterocycles. The van der Waals surface area contributed by atoms with Crippen LogP contribution in [0.25, 0.3) is 11.5 Å². The zero-order valence-corrected chi connectivity index (χ0v) is 19.4. The Morgan fingerprint density at radius 3 is 2.32 bits per heavy atom. The van der Waals surface area contributed by atoms with Crippen molar-refractivity contribution < 1.29 is 13.2 Å². The number of carbonyl (C=O) groups is 1. The molecular formula is C24H22N6O3S. The molecule has 1 amide bonds. The van der Waals surface area contributed by atoms with Gasteiger partial charge in [-0.15, -0.1) is 0 Å². The highest BCUT2D eigenvalue weighted by Crippen LogP contribution is 2.19. The molecule has 10 heteroatoms. The van der Waals surface area contributed by atoms with Crippen LogP contribution in [-0.2, 0) is 16.4 Å². The number of hydrogen-bond acceptors (Lipinski definition) is 8. The van der Waals surface area contributed by atoms with Gasteiger partial charge in [0.05, 0.1) is 4.90 Å². The number of aryl methyl sites for hydroxylation is 1. The minimum Gasteiger partial charge on any atom is -0.350 e. The van der Waals surface area contributed by atoms with Crippen molar-refractivity contribution in [3.05, 3.63) is 89.6 Å². The lowest BCUT2D eigenvalue weighted by molar-refractivity contribution is 0.102. The normalized spacial score (nSPS) is 11.1. The third-order valence-electron chi connectivity index (χ3n) is 4.92. The lowest BCUT2D eigenvalue weighted by atomic mass is 10.1. The maximum absolute atomic E-state index is 12.9. The van der Waals surface area contributed by atoms with Crippen LogP contribution in [0.2, 0.25) is 0 Å². The van der Waals surface area contributed by atoms with Crippen molar-refractivity contribution in [1.29, 1.82) is 0 Å². The Morgan fingerprint density at radius 2 is 1.65 bits per heavy atom. The zero-order chi connectivity index (χ0) is 24.1. The number of nitrogens with zero attached hydrogens (tertiary/aromatic N) is 4. The van der Waals surface area contributed by atoms with E-state index < -0.39 is 15.7 Å². The molecule has 34 heavy (non-hydrogen) atoms. The Kier molecular flexibility index (Phi) is 6.60. The summed E-state index contributed by atoms with van der Waals surface area (Å²) in [4.78, 5) is 30.5. The highest BCUT2D eigenvalue weighted by atomic mass is 32.2. The van der Waals surface area contributed by atoms with E-state index in [1.165, 1.54) is 18.2 Å². The standard InChI is InChI=1S/C24H22N6O3S/c1-16-14-18(34(2,32)33)11-12-19(16)22(31)29-24-28-21(20-10-6-7-13-25-20)27-23(30-24)26-15-17-8-4-3-5-9-17/h3-14H,15H2,1-2H3,(H2,26,27,28,29,30,31). The minimum atomic E-state index is -3.38. The number of benzene rings is 2. The van der Waals surface area contributed by atoms with Crippen LogP contribution in [0.3, 0.4) is 0 Å². The van der Waals surface area contributed by atoms with Crippen molar-refractivity contribution in [2.75, 3.05) is 16.9 Å². The second-order valence-corrected chi connectivity index (χ2v) is 9.58. The quantitative estimate of drug-likeness (QED) is 0.417.